The van der Waals surface area contributed by atoms with Gasteiger partial charge in [-0.15, -0.1) is 0 Å². The molecular formula is C66H100ClIN12O12. The first-order valence-corrected chi connectivity index (χ1v) is 33.4. The molecule has 0 saturated carbocycles. The number of halogens is 2. The predicted molar refractivity (Wildman–Crippen MR) is 359 cm³/mol. The normalized spacial score (nSPS) is 24.0. The second-order valence-electron chi connectivity index (χ2n) is 25.6. The summed E-state index contributed by atoms with van der Waals surface area (Å²) in [6.07, 6.45) is 3.02. The highest BCUT2D eigenvalue weighted by molar-refractivity contribution is 14.1. The summed E-state index contributed by atoms with van der Waals surface area (Å²) >= 11 is 8.35. The van der Waals surface area contributed by atoms with E-state index in [2.05, 4.69) is 43.9 Å². The molecule has 92 heavy (non-hydrogen) atoms. The third-order valence-corrected chi connectivity index (χ3v) is 18.6. The van der Waals surface area contributed by atoms with E-state index in [0.717, 1.165) is 23.2 Å². The number of hydrogen-bond donors (Lipinski definition) is 4. The van der Waals surface area contributed by atoms with E-state index in [0.29, 0.717) is 67.8 Å². The van der Waals surface area contributed by atoms with Gasteiger partial charge in [0.1, 0.15) is 47.8 Å². The van der Waals surface area contributed by atoms with Crippen LogP contribution in [0.4, 0.5) is 0 Å². The molecule has 2 saturated heterocycles. The lowest BCUT2D eigenvalue weighted by Gasteiger charge is -2.39. The zero-order valence-corrected chi connectivity index (χ0v) is 59.5. The fraction of sp³-hybridized carbons (Fsp3) is 0.636. The summed E-state index contributed by atoms with van der Waals surface area (Å²) in [5, 5.41) is 11.8. The van der Waals surface area contributed by atoms with Gasteiger partial charge in [-0.2, -0.15) is 0 Å². The van der Waals surface area contributed by atoms with Gasteiger partial charge in [0.2, 0.25) is 70.9 Å². The molecule has 2 aliphatic heterocycles. The molecule has 510 valence electrons. The van der Waals surface area contributed by atoms with Gasteiger partial charge in [0.15, 0.2) is 0 Å². The summed E-state index contributed by atoms with van der Waals surface area (Å²) in [7, 11) is 9.75. The maximum Gasteiger partial charge on any atom is 0.246 e. The Bertz CT molecular complexity index is 2950. The summed E-state index contributed by atoms with van der Waals surface area (Å²) in [4.78, 5) is 185. The monoisotopic (exact) mass is 1410 g/mol. The van der Waals surface area contributed by atoms with E-state index in [1.165, 1.54) is 77.9 Å². The summed E-state index contributed by atoms with van der Waals surface area (Å²) < 4.78 is 0.845. The minimum Gasteiger partial charge on any atom is -0.343 e. The van der Waals surface area contributed by atoms with E-state index < -0.39 is 151 Å². The van der Waals surface area contributed by atoms with Crippen molar-refractivity contribution in [1.29, 1.82) is 0 Å². The van der Waals surface area contributed by atoms with Gasteiger partial charge in [0, 0.05) is 83.9 Å². The third-order valence-electron chi connectivity index (χ3n) is 17.7. The summed E-state index contributed by atoms with van der Waals surface area (Å²) in [5.74, 6) is -8.65. The van der Waals surface area contributed by atoms with Crippen LogP contribution in [0, 0.1) is 15.4 Å². The fourth-order valence-corrected chi connectivity index (χ4v) is 11.8. The van der Waals surface area contributed by atoms with Gasteiger partial charge in [-0.05, 0) is 116 Å². The number of nitrogens with zero attached hydrogens (tertiary/aromatic N) is 8. The SMILES string of the molecule is CCCC[C@@H]1NC(=O)[C@H](Cc2cccc(I)c2)NC(=O)CN(C)C(=O)[C@H](Cc2ccc(Cl)cc2)N(C)C(=O)CN(C)C(=O)CN(C)C(=O)[C@H]([C@@H](C)CC)NC(=O)[C@H](CC(C)C)N(C)C(=O)CC(C(=O)N2CCCC2)N(C)C(=O)[C@H](CCC)NC(=O)C(C)(C)N(C)C1=O. The summed E-state index contributed by atoms with van der Waals surface area (Å²) in [5.41, 5.74) is -0.405. The third kappa shape index (κ3) is 21.6. The molecule has 0 aliphatic carbocycles. The Labute approximate surface area is 562 Å². The van der Waals surface area contributed by atoms with Crippen molar-refractivity contribution in [3.8, 4) is 0 Å². The van der Waals surface area contributed by atoms with E-state index >= 15 is 0 Å². The Morgan fingerprint density at radius 3 is 1.79 bits per heavy atom. The number of likely N-dealkylation sites (tertiary alicyclic amines) is 1. The van der Waals surface area contributed by atoms with Crippen molar-refractivity contribution in [2.45, 2.75) is 180 Å². The predicted octanol–water partition coefficient (Wildman–Crippen LogP) is 3.87. The zero-order chi connectivity index (χ0) is 69.1. The van der Waals surface area contributed by atoms with Crippen LogP contribution in [0.1, 0.15) is 131 Å². The van der Waals surface area contributed by atoms with Gasteiger partial charge in [0.05, 0.1) is 26.1 Å². The Kier molecular flexibility index (Phi) is 30.3. The topological polar surface area (TPSA) is 279 Å². The van der Waals surface area contributed by atoms with Crippen molar-refractivity contribution in [3.05, 3.63) is 68.3 Å². The smallest absolute Gasteiger partial charge is 0.246 e. The van der Waals surface area contributed by atoms with Gasteiger partial charge < -0.3 is 60.5 Å². The van der Waals surface area contributed by atoms with Crippen LogP contribution < -0.4 is 21.3 Å². The summed E-state index contributed by atoms with van der Waals surface area (Å²) in [6.45, 7) is 13.1. The molecule has 2 fully saturated rings. The lowest BCUT2D eigenvalue weighted by Crippen LogP contribution is -2.63. The average Bonchev–Trinajstić information content (AvgIpc) is 0.973. The molecule has 2 aliphatic rings. The molecule has 2 aromatic carbocycles. The van der Waals surface area contributed by atoms with E-state index in [9.17, 15) is 57.5 Å². The van der Waals surface area contributed by atoms with Crippen LogP contribution in [0.25, 0.3) is 0 Å². The summed E-state index contributed by atoms with van der Waals surface area (Å²) in [6, 6.07) is 5.11. The maximum absolute atomic E-state index is 14.9. The number of unbranched alkanes of at least 4 members (excludes halogenated alkanes) is 1. The van der Waals surface area contributed by atoms with Gasteiger partial charge in [-0.1, -0.05) is 103 Å². The van der Waals surface area contributed by atoms with Crippen molar-refractivity contribution in [1.82, 2.24) is 60.5 Å². The number of rotatable bonds is 14. The van der Waals surface area contributed by atoms with E-state index in [1.54, 1.807) is 48.2 Å². The molecule has 2 aromatic rings. The zero-order valence-electron chi connectivity index (χ0n) is 56.6. The Balaban J connectivity index is 1.86. The van der Waals surface area contributed by atoms with E-state index in [1.807, 2.05) is 46.8 Å². The number of nitrogens with one attached hydrogen (secondary N) is 4. The largest absolute Gasteiger partial charge is 0.343 e. The molecule has 0 spiro atoms. The van der Waals surface area contributed by atoms with Crippen molar-refractivity contribution in [3.63, 3.8) is 0 Å². The second kappa shape index (κ2) is 36.0. The molecule has 24 nitrogen and oxygen atoms in total. The van der Waals surface area contributed by atoms with Crippen LogP contribution in [0.5, 0.6) is 0 Å². The second-order valence-corrected chi connectivity index (χ2v) is 27.3. The minimum atomic E-state index is -1.68. The molecule has 0 bridgehead atoms. The van der Waals surface area contributed by atoms with Crippen molar-refractivity contribution in [2.24, 2.45) is 11.8 Å². The quantitative estimate of drug-likeness (QED) is 0.196. The highest BCUT2D eigenvalue weighted by Gasteiger charge is 2.44. The number of likely N-dealkylation sites (N-methyl/N-ethyl adjacent to an activating group) is 7. The van der Waals surface area contributed by atoms with Crippen LogP contribution >= 0.6 is 34.2 Å². The number of hydrogen-bond acceptors (Lipinski definition) is 12. The highest BCUT2D eigenvalue weighted by atomic mass is 127. The van der Waals surface area contributed by atoms with Gasteiger partial charge in [0.25, 0.3) is 0 Å². The molecule has 2 heterocycles. The lowest BCUT2D eigenvalue weighted by molar-refractivity contribution is -0.151. The number of carbonyl (C=O) groups excluding carboxylic acids is 12. The van der Waals surface area contributed by atoms with Gasteiger partial charge in [-0.3, -0.25) is 57.5 Å². The molecule has 12 amide bonds. The van der Waals surface area contributed by atoms with E-state index in [4.69, 9.17) is 11.6 Å². The van der Waals surface area contributed by atoms with E-state index in [-0.39, 0.29) is 38.0 Å². The van der Waals surface area contributed by atoms with Crippen molar-refractivity contribution >= 4 is 105 Å². The van der Waals surface area contributed by atoms with Crippen LogP contribution in [-0.4, -0.2) is 240 Å². The van der Waals surface area contributed by atoms with Crippen molar-refractivity contribution in [2.75, 3.05) is 82.1 Å². The first-order chi connectivity index (χ1) is 43.2. The van der Waals surface area contributed by atoms with Gasteiger partial charge >= 0.3 is 0 Å². The highest BCUT2D eigenvalue weighted by Crippen LogP contribution is 2.24. The van der Waals surface area contributed by atoms with Crippen molar-refractivity contribution < 1.29 is 57.5 Å². The van der Waals surface area contributed by atoms with Gasteiger partial charge in [-0.25, -0.2) is 0 Å². The molecule has 4 N–H and O–H groups in total. The molecule has 4 rings (SSSR count). The maximum atomic E-state index is 14.9. The van der Waals surface area contributed by atoms with Crippen LogP contribution in [0.2, 0.25) is 5.02 Å². The Hall–Kier alpha value is -6.90. The molecule has 0 aromatic heterocycles. The Morgan fingerprint density at radius 2 is 1.21 bits per heavy atom. The fourth-order valence-electron chi connectivity index (χ4n) is 11.1. The van der Waals surface area contributed by atoms with Crippen LogP contribution in [-0.2, 0) is 70.4 Å². The first-order valence-electron chi connectivity index (χ1n) is 32.0. The molecule has 8 atom stereocenters. The van der Waals surface area contributed by atoms with Crippen LogP contribution in [0.3, 0.4) is 0 Å². The number of carbonyl (C=O) groups is 12. The Morgan fingerprint density at radius 1 is 0.609 bits per heavy atom. The molecule has 0 radical (unpaired) electrons. The lowest BCUT2D eigenvalue weighted by atomic mass is 9.95. The number of amides is 12. The standard InChI is InChI=1S/C66H100ClIN12O12/c1-16-19-26-48-61(88)79(15)66(7,8)65(92)71-47(23-17-2)60(87)78(14)52(63(90)80-31-20-21-32-80)37-54(82)76(12)50(33-41(4)5)59(86)72-57(42(6)18-3)64(91)75(11)39-55(83)73(9)40-56(84)77(13)51(36-43-27-29-45(67)30-28-43)62(89)74(10)38-53(81)69-49(58(85)70-48)35-44-24-22-25-46(68)34-44/h22,24-25,27-30,34,41-42,47-52,57H,16-21,23,26,31-33,35-40H2,1-15H3,(H,69,81)(H,70,85)(H,71,92)(H,72,86)/t42-,47-,48-,49-,50-,51-,52?,57-/m0/s1. The minimum absolute atomic E-state index is 0.0403. The first kappa shape index (κ1) is 77.5. The molecule has 26 heteroatoms. The molecular weight excluding hydrogens is 1320 g/mol. The average molecular weight is 1420 g/mol. The van der Waals surface area contributed by atoms with Crippen LogP contribution in [0.15, 0.2) is 48.5 Å². The molecule has 1 unspecified atom stereocenters. The number of benzene rings is 2.